The van der Waals surface area contributed by atoms with E-state index in [1.165, 1.54) is 18.2 Å². The molecule has 0 heterocycles. The summed E-state index contributed by atoms with van der Waals surface area (Å²) in [5.74, 6) is -0.0979. The fourth-order valence-electron chi connectivity index (χ4n) is 2.05. The number of anilines is 1. The van der Waals surface area contributed by atoms with Crippen LogP contribution < -0.4 is 9.46 Å². The Kier molecular flexibility index (Phi) is 5.81. The molecule has 6 nitrogen and oxygen atoms in total. The van der Waals surface area contributed by atoms with Gasteiger partial charge in [0.25, 0.3) is 10.0 Å². The van der Waals surface area contributed by atoms with Gasteiger partial charge in [0.05, 0.1) is 17.2 Å². The second kappa shape index (κ2) is 7.83. The Morgan fingerprint density at radius 1 is 1.12 bits per heavy atom. The van der Waals surface area contributed by atoms with Crippen molar-refractivity contribution in [2.45, 2.75) is 18.7 Å². The number of nitrogens with one attached hydrogen (secondary N) is 1. The first-order chi connectivity index (χ1) is 11.4. The van der Waals surface area contributed by atoms with E-state index in [-0.39, 0.29) is 18.1 Å². The monoisotopic (exact) mass is 349 g/mol. The molecule has 128 valence electrons. The van der Waals surface area contributed by atoms with E-state index in [4.69, 9.17) is 9.47 Å². The number of rotatable bonds is 7. The topological polar surface area (TPSA) is 81.7 Å². The highest BCUT2D eigenvalue weighted by molar-refractivity contribution is 7.92. The lowest BCUT2D eigenvalue weighted by atomic mass is 10.2. The van der Waals surface area contributed by atoms with Crippen molar-refractivity contribution in [3.63, 3.8) is 0 Å². The van der Waals surface area contributed by atoms with Crippen molar-refractivity contribution in [1.82, 2.24) is 0 Å². The van der Waals surface area contributed by atoms with Gasteiger partial charge in [-0.3, -0.25) is 4.72 Å². The van der Waals surface area contributed by atoms with Crippen LogP contribution in [-0.4, -0.2) is 27.6 Å². The Balaban J connectivity index is 2.15. The van der Waals surface area contributed by atoms with E-state index in [1.807, 2.05) is 0 Å². The summed E-state index contributed by atoms with van der Waals surface area (Å²) in [6.45, 7) is 3.55. The number of hydrogen-bond acceptors (Lipinski definition) is 5. The molecular weight excluding hydrogens is 330 g/mol. The van der Waals surface area contributed by atoms with Crippen LogP contribution in [0.25, 0.3) is 0 Å². The second-order valence-corrected chi connectivity index (χ2v) is 6.73. The Morgan fingerprint density at radius 2 is 1.83 bits per heavy atom. The molecule has 0 atom stereocenters. The van der Waals surface area contributed by atoms with Crippen LogP contribution in [0, 0.1) is 6.92 Å². The number of ether oxygens (including phenoxy) is 2. The summed E-state index contributed by atoms with van der Waals surface area (Å²) in [5, 5.41) is 0. The highest BCUT2D eigenvalue weighted by Gasteiger charge is 2.14. The summed E-state index contributed by atoms with van der Waals surface area (Å²) in [6, 6.07) is 13.0. The van der Waals surface area contributed by atoms with E-state index in [0.29, 0.717) is 11.4 Å². The fraction of sp³-hybridized carbons (Fsp3) is 0.235. The molecule has 0 radical (unpaired) electrons. The number of sulfonamides is 1. The predicted molar refractivity (Wildman–Crippen MR) is 90.6 cm³/mol. The van der Waals surface area contributed by atoms with Gasteiger partial charge in [0.1, 0.15) is 5.75 Å². The first-order valence-corrected chi connectivity index (χ1v) is 8.87. The van der Waals surface area contributed by atoms with Gasteiger partial charge in [-0.15, -0.1) is 0 Å². The molecule has 0 saturated carbocycles. The summed E-state index contributed by atoms with van der Waals surface area (Å²) in [5.41, 5.74) is 1.15. The van der Waals surface area contributed by atoms with Crippen LogP contribution in [0.3, 0.4) is 0 Å². The standard InChI is InChI=1S/C17H19NO5S/c1-3-22-17(19)12-23-15-10-13(2)9-14(11-15)18-24(20,21)16-7-5-4-6-8-16/h4-11,18H,3,12H2,1-2H3. The van der Waals surface area contributed by atoms with Gasteiger partial charge in [0.15, 0.2) is 6.61 Å². The Bertz CT molecular complexity index is 803. The van der Waals surface area contributed by atoms with Gasteiger partial charge in [0.2, 0.25) is 0 Å². The van der Waals surface area contributed by atoms with Crippen molar-refractivity contribution in [3.8, 4) is 5.75 Å². The van der Waals surface area contributed by atoms with Crippen molar-refractivity contribution in [1.29, 1.82) is 0 Å². The van der Waals surface area contributed by atoms with Gasteiger partial charge >= 0.3 is 5.97 Å². The van der Waals surface area contributed by atoms with E-state index in [9.17, 15) is 13.2 Å². The molecule has 0 amide bonds. The minimum Gasteiger partial charge on any atom is -0.482 e. The molecule has 0 fully saturated rings. The Morgan fingerprint density at radius 3 is 2.50 bits per heavy atom. The van der Waals surface area contributed by atoms with Crippen LogP contribution in [0.1, 0.15) is 12.5 Å². The van der Waals surface area contributed by atoms with Crippen molar-refractivity contribution in [2.24, 2.45) is 0 Å². The largest absolute Gasteiger partial charge is 0.482 e. The summed E-state index contributed by atoms with van der Waals surface area (Å²) < 4.78 is 37.3. The quantitative estimate of drug-likeness (QED) is 0.777. The SMILES string of the molecule is CCOC(=O)COc1cc(C)cc(NS(=O)(=O)c2ccccc2)c1. The van der Waals surface area contributed by atoms with E-state index in [1.54, 1.807) is 44.2 Å². The molecule has 1 N–H and O–H groups in total. The maximum Gasteiger partial charge on any atom is 0.344 e. The fourth-order valence-corrected chi connectivity index (χ4v) is 3.11. The lowest BCUT2D eigenvalue weighted by Gasteiger charge is -2.12. The third-order valence-electron chi connectivity index (χ3n) is 3.02. The molecule has 0 saturated heterocycles. The van der Waals surface area contributed by atoms with Gasteiger partial charge in [0, 0.05) is 6.07 Å². The van der Waals surface area contributed by atoms with Crippen molar-refractivity contribution in [2.75, 3.05) is 17.9 Å². The molecule has 0 aromatic heterocycles. The van der Waals surface area contributed by atoms with Gasteiger partial charge in [-0.05, 0) is 43.7 Å². The summed E-state index contributed by atoms with van der Waals surface area (Å²) in [7, 11) is -3.68. The van der Waals surface area contributed by atoms with Crippen LogP contribution in [0.5, 0.6) is 5.75 Å². The molecule has 24 heavy (non-hydrogen) atoms. The van der Waals surface area contributed by atoms with Crippen LogP contribution in [0.15, 0.2) is 53.4 Å². The zero-order chi connectivity index (χ0) is 17.6. The zero-order valence-corrected chi connectivity index (χ0v) is 14.3. The summed E-state index contributed by atoms with van der Waals surface area (Å²) in [4.78, 5) is 11.5. The van der Waals surface area contributed by atoms with E-state index in [2.05, 4.69) is 4.72 Å². The molecule has 2 aromatic rings. The lowest BCUT2D eigenvalue weighted by Crippen LogP contribution is -2.15. The third kappa shape index (κ3) is 4.99. The lowest BCUT2D eigenvalue weighted by molar-refractivity contribution is -0.145. The van der Waals surface area contributed by atoms with Crippen molar-refractivity contribution < 1.29 is 22.7 Å². The van der Waals surface area contributed by atoms with Crippen LogP contribution in [0.4, 0.5) is 5.69 Å². The van der Waals surface area contributed by atoms with Crippen molar-refractivity contribution in [3.05, 3.63) is 54.1 Å². The molecule has 0 bridgehead atoms. The van der Waals surface area contributed by atoms with E-state index in [0.717, 1.165) is 5.56 Å². The minimum absolute atomic E-state index is 0.167. The predicted octanol–water partition coefficient (Wildman–Crippen LogP) is 2.74. The number of hydrogen-bond donors (Lipinski definition) is 1. The minimum atomic E-state index is -3.68. The highest BCUT2D eigenvalue weighted by atomic mass is 32.2. The second-order valence-electron chi connectivity index (χ2n) is 5.05. The van der Waals surface area contributed by atoms with E-state index < -0.39 is 16.0 Å². The molecule has 0 aliphatic heterocycles. The summed E-state index contributed by atoms with van der Waals surface area (Å²) >= 11 is 0. The number of carbonyl (C=O) groups is 1. The molecule has 0 spiro atoms. The van der Waals surface area contributed by atoms with Crippen LogP contribution in [0.2, 0.25) is 0 Å². The number of carbonyl (C=O) groups excluding carboxylic acids is 1. The Labute approximate surface area is 141 Å². The molecule has 2 rings (SSSR count). The highest BCUT2D eigenvalue weighted by Crippen LogP contribution is 2.23. The summed E-state index contributed by atoms with van der Waals surface area (Å²) in [6.07, 6.45) is 0. The maximum absolute atomic E-state index is 12.3. The van der Waals surface area contributed by atoms with Crippen LogP contribution in [-0.2, 0) is 19.6 Å². The normalized spacial score (nSPS) is 10.9. The smallest absolute Gasteiger partial charge is 0.344 e. The van der Waals surface area contributed by atoms with Crippen LogP contribution >= 0.6 is 0 Å². The molecule has 0 aliphatic carbocycles. The number of esters is 1. The molecule has 2 aromatic carbocycles. The van der Waals surface area contributed by atoms with Gasteiger partial charge in [-0.1, -0.05) is 18.2 Å². The van der Waals surface area contributed by atoms with Gasteiger partial charge < -0.3 is 9.47 Å². The zero-order valence-electron chi connectivity index (χ0n) is 13.5. The van der Waals surface area contributed by atoms with Crippen molar-refractivity contribution >= 4 is 21.7 Å². The third-order valence-corrected chi connectivity index (χ3v) is 4.42. The maximum atomic E-state index is 12.3. The van der Waals surface area contributed by atoms with Gasteiger partial charge in [-0.25, -0.2) is 13.2 Å². The first kappa shape index (κ1) is 17.8. The first-order valence-electron chi connectivity index (χ1n) is 7.38. The molecule has 0 unspecified atom stereocenters. The molecule has 0 aliphatic rings. The van der Waals surface area contributed by atoms with E-state index >= 15 is 0 Å². The Hall–Kier alpha value is -2.54. The molecule has 7 heteroatoms. The molecular formula is C17H19NO5S. The number of aryl methyl sites for hydroxylation is 1. The average Bonchev–Trinajstić information content (AvgIpc) is 2.53. The van der Waals surface area contributed by atoms with Gasteiger partial charge in [-0.2, -0.15) is 0 Å². The average molecular weight is 349 g/mol. The number of benzene rings is 2.